The van der Waals surface area contributed by atoms with Crippen LogP contribution in [-0.2, 0) is 23.8 Å². The number of imidazole rings is 1. The molecule has 1 atom stereocenters. The summed E-state index contributed by atoms with van der Waals surface area (Å²) in [5.41, 5.74) is 10.1. The standard InChI is InChI=1S/C20H28N6OS/c1-4-5-9-16-25-17-18(14(2)15(3)24-19(17)21)26(16)12-6-7-13-28(27)20-22-10-8-11-23-20/h8,10-11H,4-7,9,12-13H2,1-3H3,(H2,21,24). The summed E-state index contributed by atoms with van der Waals surface area (Å²) in [4.78, 5) is 17.4. The molecule has 8 heteroatoms. The van der Waals surface area contributed by atoms with Crippen molar-refractivity contribution in [3.63, 3.8) is 0 Å². The van der Waals surface area contributed by atoms with Crippen LogP contribution in [0.2, 0.25) is 0 Å². The van der Waals surface area contributed by atoms with E-state index in [1.54, 1.807) is 18.5 Å². The Morgan fingerprint density at radius 1 is 1.11 bits per heavy atom. The van der Waals surface area contributed by atoms with Crippen LogP contribution in [0.1, 0.15) is 49.7 Å². The van der Waals surface area contributed by atoms with Crippen LogP contribution in [0.3, 0.4) is 0 Å². The van der Waals surface area contributed by atoms with Crippen LogP contribution in [0.15, 0.2) is 23.6 Å². The number of nitrogens with zero attached hydrogens (tertiary/aromatic N) is 5. The Bertz CT molecular complexity index is 970. The van der Waals surface area contributed by atoms with Crippen LogP contribution in [0.4, 0.5) is 5.82 Å². The third-order valence-electron chi connectivity index (χ3n) is 4.94. The second-order valence-corrected chi connectivity index (χ2v) is 8.44. The van der Waals surface area contributed by atoms with Gasteiger partial charge in [0.2, 0.25) is 5.16 Å². The number of rotatable bonds is 9. The molecule has 0 saturated carbocycles. The molecule has 3 rings (SSSR count). The van der Waals surface area contributed by atoms with E-state index in [4.69, 9.17) is 10.7 Å². The molecular weight excluding hydrogens is 372 g/mol. The molecular formula is C20H28N6OS. The molecule has 0 aliphatic heterocycles. The van der Waals surface area contributed by atoms with E-state index in [9.17, 15) is 4.21 Å². The van der Waals surface area contributed by atoms with Gasteiger partial charge in [0.05, 0.1) is 16.3 Å². The van der Waals surface area contributed by atoms with Gasteiger partial charge in [-0.15, -0.1) is 0 Å². The van der Waals surface area contributed by atoms with E-state index in [-0.39, 0.29) is 0 Å². The van der Waals surface area contributed by atoms with E-state index in [1.165, 1.54) is 0 Å². The molecule has 150 valence electrons. The van der Waals surface area contributed by atoms with E-state index in [0.29, 0.717) is 16.7 Å². The lowest BCUT2D eigenvalue weighted by Crippen LogP contribution is -2.08. The summed E-state index contributed by atoms with van der Waals surface area (Å²) in [6, 6.07) is 1.73. The lowest BCUT2D eigenvalue weighted by Gasteiger charge is -2.11. The minimum atomic E-state index is -1.16. The van der Waals surface area contributed by atoms with Crippen molar-refractivity contribution in [2.24, 2.45) is 0 Å². The number of hydrogen-bond donors (Lipinski definition) is 1. The molecule has 7 nitrogen and oxygen atoms in total. The molecule has 3 aromatic rings. The zero-order chi connectivity index (χ0) is 20.1. The lowest BCUT2D eigenvalue weighted by molar-refractivity contribution is 0.601. The second kappa shape index (κ2) is 9.23. The van der Waals surface area contributed by atoms with Crippen LogP contribution in [0, 0.1) is 13.8 Å². The topological polar surface area (TPSA) is 99.6 Å². The number of pyridine rings is 1. The van der Waals surface area contributed by atoms with Gasteiger partial charge < -0.3 is 10.3 Å². The minimum Gasteiger partial charge on any atom is -0.382 e. The summed E-state index contributed by atoms with van der Waals surface area (Å²) in [5.74, 6) is 2.12. The van der Waals surface area contributed by atoms with Crippen LogP contribution in [0.25, 0.3) is 11.0 Å². The van der Waals surface area contributed by atoms with Crippen molar-refractivity contribution in [2.75, 3.05) is 11.5 Å². The third-order valence-corrected chi connectivity index (χ3v) is 6.21. The summed E-state index contributed by atoms with van der Waals surface area (Å²) < 4.78 is 14.6. The van der Waals surface area contributed by atoms with Crippen molar-refractivity contribution in [3.05, 3.63) is 35.5 Å². The van der Waals surface area contributed by atoms with E-state index in [1.807, 2.05) is 6.92 Å². The number of nitrogen functional groups attached to an aromatic ring is 1. The number of unbranched alkanes of at least 4 members (excludes halogenated alkanes) is 2. The number of hydrogen-bond acceptors (Lipinski definition) is 6. The Labute approximate surface area is 168 Å². The maximum Gasteiger partial charge on any atom is 0.218 e. The van der Waals surface area contributed by atoms with Crippen LogP contribution in [-0.4, -0.2) is 34.5 Å². The van der Waals surface area contributed by atoms with Gasteiger partial charge in [-0.3, -0.25) is 4.21 Å². The molecule has 28 heavy (non-hydrogen) atoms. The highest BCUT2D eigenvalue weighted by Crippen LogP contribution is 2.27. The molecule has 0 bridgehead atoms. The molecule has 2 N–H and O–H groups in total. The first kappa shape index (κ1) is 20.4. The molecule has 1 unspecified atom stereocenters. The first-order valence-corrected chi connectivity index (χ1v) is 11.1. The predicted molar refractivity (Wildman–Crippen MR) is 113 cm³/mol. The summed E-state index contributed by atoms with van der Waals surface area (Å²) in [6.45, 7) is 7.07. The smallest absolute Gasteiger partial charge is 0.218 e. The Kier molecular flexibility index (Phi) is 6.72. The highest BCUT2D eigenvalue weighted by Gasteiger charge is 2.17. The van der Waals surface area contributed by atoms with Gasteiger partial charge in [-0.25, -0.2) is 19.9 Å². The molecule has 0 aromatic carbocycles. The molecule has 0 amide bonds. The maximum absolute atomic E-state index is 12.3. The van der Waals surface area contributed by atoms with Crippen LogP contribution >= 0.6 is 0 Å². The second-order valence-electron chi connectivity index (χ2n) is 6.98. The number of nitrogens with two attached hydrogens (primary N) is 1. The van der Waals surface area contributed by atoms with Gasteiger partial charge in [0.15, 0.2) is 5.82 Å². The number of aromatic nitrogens is 5. The highest BCUT2D eigenvalue weighted by molar-refractivity contribution is 7.84. The molecule has 0 saturated heterocycles. The van der Waals surface area contributed by atoms with Gasteiger partial charge in [0.25, 0.3) is 0 Å². The zero-order valence-electron chi connectivity index (χ0n) is 16.8. The fraction of sp³-hybridized carbons (Fsp3) is 0.500. The van der Waals surface area contributed by atoms with Crippen molar-refractivity contribution < 1.29 is 4.21 Å². The first-order chi connectivity index (χ1) is 13.5. The quantitative estimate of drug-likeness (QED) is 0.437. The average molecular weight is 401 g/mol. The van der Waals surface area contributed by atoms with Gasteiger partial charge in [-0.1, -0.05) is 13.3 Å². The molecule has 0 aliphatic carbocycles. The highest BCUT2D eigenvalue weighted by atomic mass is 32.2. The lowest BCUT2D eigenvalue weighted by atomic mass is 10.2. The average Bonchev–Trinajstić information content (AvgIpc) is 3.07. The Morgan fingerprint density at radius 2 is 1.86 bits per heavy atom. The largest absolute Gasteiger partial charge is 0.382 e. The molecule has 3 aromatic heterocycles. The summed E-state index contributed by atoms with van der Waals surface area (Å²) in [6.07, 6.45) is 8.12. The summed E-state index contributed by atoms with van der Waals surface area (Å²) in [5, 5.41) is 0.407. The van der Waals surface area contributed by atoms with Gasteiger partial charge in [-0.05, 0) is 44.7 Å². The summed E-state index contributed by atoms with van der Waals surface area (Å²) in [7, 11) is -1.16. The molecule has 0 aliphatic rings. The van der Waals surface area contributed by atoms with E-state index in [0.717, 1.165) is 66.8 Å². The Hall–Kier alpha value is -2.35. The van der Waals surface area contributed by atoms with Crippen molar-refractivity contribution in [3.8, 4) is 0 Å². The van der Waals surface area contributed by atoms with Crippen molar-refractivity contribution in [2.45, 2.75) is 64.6 Å². The molecule has 3 heterocycles. The van der Waals surface area contributed by atoms with Crippen molar-refractivity contribution >= 4 is 27.7 Å². The molecule has 0 radical (unpaired) electrons. The van der Waals surface area contributed by atoms with Crippen LogP contribution in [0.5, 0.6) is 0 Å². The maximum atomic E-state index is 12.3. The zero-order valence-corrected chi connectivity index (χ0v) is 17.6. The number of anilines is 1. The van der Waals surface area contributed by atoms with Gasteiger partial charge in [-0.2, -0.15) is 0 Å². The van der Waals surface area contributed by atoms with E-state index in [2.05, 4.69) is 33.4 Å². The van der Waals surface area contributed by atoms with Gasteiger partial charge in [0.1, 0.15) is 11.3 Å². The first-order valence-electron chi connectivity index (χ1n) is 9.80. The molecule has 0 fully saturated rings. The van der Waals surface area contributed by atoms with E-state index >= 15 is 0 Å². The van der Waals surface area contributed by atoms with Crippen molar-refractivity contribution in [1.29, 1.82) is 0 Å². The fourth-order valence-electron chi connectivity index (χ4n) is 3.31. The van der Waals surface area contributed by atoms with Crippen LogP contribution < -0.4 is 5.73 Å². The van der Waals surface area contributed by atoms with Gasteiger partial charge >= 0.3 is 0 Å². The summed E-state index contributed by atoms with van der Waals surface area (Å²) >= 11 is 0. The Balaban J connectivity index is 1.76. The van der Waals surface area contributed by atoms with Gasteiger partial charge in [0, 0.05) is 36.8 Å². The fourth-order valence-corrected chi connectivity index (χ4v) is 4.32. The minimum absolute atomic E-state index is 0.407. The normalized spacial score (nSPS) is 12.5. The monoisotopic (exact) mass is 400 g/mol. The number of aryl methyl sites for hydroxylation is 4. The SMILES string of the molecule is CCCCc1nc2c(N)nc(C)c(C)c2n1CCCCS(=O)c1ncccn1. The predicted octanol–water partition coefficient (Wildman–Crippen LogP) is 3.35. The third kappa shape index (κ3) is 4.38. The number of fused-ring (bicyclic) bond motifs is 1. The van der Waals surface area contributed by atoms with E-state index < -0.39 is 10.8 Å². The molecule has 0 spiro atoms. The Morgan fingerprint density at radius 3 is 2.57 bits per heavy atom. The van der Waals surface area contributed by atoms with Crippen molar-refractivity contribution in [1.82, 2.24) is 24.5 Å².